The van der Waals surface area contributed by atoms with Crippen LogP contribution in [-0.2, 0) is 10.2 Å². The van der Waals surface area contributed by atoms with E-state index in [1.54, 1.807) is 0 Å². The molecule has 2 rings (SSSR count). The SMILES string of the molecule is CC(C)(C)c1cc(-c2ccccc2)cc(OCCCCCC(=O)O)n1. The van der Waals surface area contributed by atoms with Crippen molar-refractivity contribution in [1.29, 1.82) is 0 Å². The maximum absolute atomic E-state index is 10.5. The molecule has 0 radical (unpaired) electrons. The van der Waals surface area contributed by atoms with E-state index in [1.807, 2.05) is 24.3 Å². The molecule has 1 N–H and O–H groups in total. The normalized spacial score (nSPS) is 11.3. The van der Waals surface area contributed by atoms with Crippen LogP contribution in [0, 0.1) is 0 Å². The number of nitrogens with zero attached hydrogens (tertiary/aromatic N) is 1. The molecule has 1 aromatic carbocycles. The molecule has 25 heavy (non-hydrogen) atoms. The second-order valence-electron chi connectivity index (χ2n) is 7.25. The van der Waals surface area contributed by atoms with Crippen molar-refractivity contribution < 1.29 is 14.6 Å². The summed E-state index contributed by atoms with van der Waals surface area (Å²) in [4.78, 5) is 15.2. The maximum Gasteiger partial charge on any atom is 0.303 e. The van der Waals surface area contributed by atoms with Crippen molar-refractivity contribution in [2.75, 3.05) is 6.61 Å². The number of aromatic nitrogens is 1. The van der Waals surface area contributed by atoms with Crippen LogP contribution in [-0.4, -0.2) is 22.7 Å². The molecule has 0 fully saturated rings. The molecule has 0 aliphatic carbocycles. The van der Waals surface area contributed by atoms with E-state index in [2.05, 4.69) is 44.0 Å². The number of unbranched alkanes of at least 4 members (excludes halogenated alkanes) is 2. The molecule has 134 valence electrons. The average Bonchev–Trinajstić information content (AvgIpc) is 2.57. The van der Waals surface area contributed by atoms with Crippen LogP contribution in [0.1, 0.15) is 52.1 Å². The number of rotatable bonds is 8. The predicted octanol–water partition coefficient (Wildman–Crippen LogP) is 5.07. The van der Waals surface area contributed by atoms with Crippen LogP contribution in [0.3, 0.4) is 0 Å². The lowest BCUT2D eigenvalue weighted by atomic mass is 9.90. The molecule has 0 saturated heterocycles. The molecule has 0 aliphatic heterocycles. The van der Waals surface area contributed by atoms with Crippen molar-refractivity contribution in [3.63, 3.8) is 0 Å². The number of ether oxygens (including phenoxy) is 1. The first-order valence-electron chi connectivity index (χ1n) is 8.79. The lowest BCUT2D eigenvalue weighted by Crippen LogP contribution is -2.14. The standard InChI is InChI=1S/C21H27NO3/c1-21(2,3)18-14-17(16-10-6-4-7-11-16)15-19(22-18)25-13-9-5-8-12-20(23)24/h4,6-7,10-11,14-15H,5,8-9,12-13H2,1-3H3,(H,23,24). The first-order valence-corrected chi connectivity index (χ1v) is 8.79. The third-order valence-corrected chi connectivity index (χ3v) is 3.96. The smallest absolute Gasteiger partial charge is 0.303 e. The van der Waals surface area contributed by atoms with E-state index in [0.29, 0.717) is 18.9 Å². The van der Waals surface area contributed by atoms with Crippen LogP contribution in [0.2, 0.25) is 0 Å². The van der Waals surface area contributed by atoms with Gasteiger partial charge in [0, 0.05) is 17.9 Å². The molecule has 0 atom stereocenters. The molecule has 1 aromatic heterocycles. The molecule has 0 unspecified atom stereocenters. The Kier molecular flexibility index (Phi) is 6.57. The quantitative estimate of drug-likeness (QED) is 0.681. The highest BCUT2D eigenvalue weighted by molar-refractivity contribution is 5.66. The van der Waals surface area contributed by atoms with Gasteiger partial charge in [0.2, 0.25) is 5.88 Å². The van der Waals surface area contributed by atoms with E-state index in [-0.39, 0.29) is 11.8 Å². The lowest BCUT2D eigenvalue weighted by Gasteiger charge is -2.20. The third-order valence-electron chi connectivity index (χ3n) is 3.96. The fourth-order valence-corrected chi connectivity index (χ4v) is 2.49. The van der Waals surface area contributed by atoms with E-state index in [0.717, 1.165) is 29.7 Å². The van der Waals surface area contributed by atoms with Gasteiger partial charge in [-0.15, -0.1) is 0 Å². The Hall–Kier alpha value is -2.36. The minimum atomic E-state index is -0.743. The van der Waals surface area contributed by atoms with Crippen LogP contribution in [0.4, 0.5) is 0 Å². The van der Waals surface area contributed by atoms with Gasteiger partial charge in [-0.2, -0.15) is 0 Å². The van der Waals surface area contributed by atoms with Gasteiger partial charge in [0.05, 0.1) is 12.3 Å². The molecule has 0 saturated carbocycles. The Bertz CT molecular complexity index is 690. The van der Waals surface area contributed by atoms with E-state index in [9.17, 15) is 4.79 Å². The topological polar surface area (TPSA) is 59.4 Å². The summed E-state index contributed by atoms with van der Waals surface area (Å²) in [6, 6.07) is 14.3. The molecule has 1 heterocycles. The fourth-order valence-electron chi connectivity index (χ4n) is 2.49. The number of benzene rings is 1. The number of carboxylic acids is 1. The van der Waals surface area contributed by atoms with Gasteiger partial charge in [-0.05, 0) is 36.5 Å². The summed E-state index contributed by atoms with van der Waals surface area (Å²) in [5, 5.41) is 8.65. The summed E-state index contributed by atoms with van der Waals surface area (Å²) in [5.41, 5.74) is 3.17. The van der Waals surface area contributed by atoms with Crippen molar-refractivity contribution in [1.82, 2.24) is 4.98 Å². The zero-order chi connectivity index (χ0) is 18.3. The third kappa shape index (κ3) is 6.22. The van der Waals surface area contributed by atoms with Gasteiger partial charge in [-0.3, -0.25) is 4.79 Å². The molecule has 0 spiro atoms. The first kappa shape index (κ1) is 19.0. The van der Waals surface area contributed by atoms with Crippen molar-refractivity contribution >= 4 is 5.97 Å². The van der Waals surface area contributed by atoms with Crippen LogP contribution in [0.15, 0.2) is 42.5 Å². The molecule has 0 amide bonds. The summed E-state index contributed by atoms with van der Waals surface area (Å²) in [6.45, 7) is 6.97. The van der Waals surface area contributed by atoms with Crippen LogP contribution < -0.4 is 4.74 Å². The van der Waals surface area contributed by atoms with Gasteiger partial charge < -0.3 is 9.84 Å². The van der Waals surface area contributed by atoms with Crippen molar-refractivity contribution in [3.8, 4) is 17.0 Å². The monoisotopic (exact) mass is 341 g/mol. The summed E-state index contributed by atoms with van der Waals surface area (Å²) < 4.78 is 5.85. The molecule has 4 nitrogen and oxygen atoms in total. The number of hydrogen-bond donors (Lipinski definition) is 1. The summed E-state index contributed by atoms with van der Waals surface area (Å²) >= 11 is 0. The molecule has 2 aromatic rings. The van der Waals surface area contributed by atoms with E-state index < -0.39 is 5.97 Å². The van der Waals surface area contributed by atoms with Gasteiger partial charge in [0.25, 0.3) is 0 Å². The van der Waals surface area contributed by atoms with E-state index in [4.69, 9.17) is 9.84 Å². The molecular formula is C21H27NO3. The van der Waals surface area contributed by atoms with E-state index in [1.165, 1.54) is 0 Å². The molecule has 0 aliphatic rings. The molecule has 0 bridgehead atoms. The lowest BCUT2D eigenvalue weighted by molar-refractivity contribution is -0.137. The van der Waals surface area contributed by atoms with Crippen LogP contribution in [0.25, 0.3) is 11.1 Å². The van der Waals surface area contributed by atoms with Gasteiger partial charge in [0.15, 0.2) is 0 Å². The Morgan fingerprint density at radius 1 is 1.04 bits per heavy atom. The highest BCUT2D eigenvalue weighted by atomic mass is 16.5. The van der Waals surface area contributed by atoms with Crippen molar-refractivity contribution in [2.45, 2.75) is 51.9 Å². The Balaban J connectivity index is 2.08. The highest BCUT2D eigenvalue weighted by Gasteiger charge is 2.18. The highest BCUT2D eigenvalue weighted by Crippen LogP contribution is 2.29. The average molecular weight is 341 g/mol. The zero-order valence-corrected chi connectivity index (χ0v) is 15.3. The predicted molar refractivity (Wildman–Crippen MR) is 100.0 cm³/mol. The second-order valence-corrected chi connectivity index (χ2v) is 7.25. The van der Waals surface area contributed by atoms with Gasteiger partial charge in [-0.25, -0.2) is 4.98 Å². The second kappa shape index (κ2) is 8.65. The van der Waals surface area contributed by atoms with Gasteiger partial charge >= 0.3 is 5.97 Å². The molecular weight excluding hydrogens is 314 g/mol. The van der Waals surface area contributed by atoms with E-state index >= 15 is 0 Å². The molecule has 4 heteroatoms. The summed E-state index contributed by atoms with van der Waals surface area (Å²) in [5.74, 6) is -0.113. The fraction of sp³-hybridized carbons (Fsp3) is 0.429. The zero-order valence-electron chi connectivity index (χ0n) is 15.3. The largest absolute Gasteiger partial charge is 0.481 e. The Morgan fingerprint density at radius 2 is 1.76 bits per heavy atom. The Labute approximate surface area is 149 Å². The Morgan fingerprint density at radius 3 is 2.40 bits per heavy atom. The minimum absolute atomic E-state index is 0.0651. The van der Waals surface area contributed by atoms with Gasteiger partial charge in [0.1, 0.15) is 0 Å². The number of pyridine rings is 1. The van der Waals surface area contributed by atoms with Gasteiger partial charge in [-0.1, -0.05) is 51.1 Å². The number of aliphatic carboxylic acids is 1. The van der Waals surface area contributed by atoms with Crippen LogP contribution in [0.5, 0.6) is 5.88 Å². The van der Waals surface area contributed by atoms with Crippen molar-refractivity contribution in [2.24, 2.45) is 0 Å². The minimum Gasteiger partial charge on any atom is -0.481 e. The number of carbonyl (C=O) groups is 1. The maximum atomic E-state index is 10.5. The summed E-state index contributed by atoms with van der Waals surface area (Å²) in [7, 11) is 0. The first-order chi connectivity index (χ1) is 11.9. The number of hydrogen-bond acceptors (Lipinski definition) is 3. The number of carboxylic acid groups (broad SMARTS) is 1. The van der Waals surface area contributed by atoms with Crippen LogP contribution >= 0.6 is 0 Å². The summed E-state index contributed by atoms with van der Waals surface area (Å²) in [6.07, 6.45) is 2.57. The van der Waals surface area contributed by atoms with Crippen molar-refractivity contribution in [3.05, 3.63) is 48.2 Å².